The monoisotopic (exact) mass is 350 g/mol. The number of non-ortho nitro benzene ring substituents is 1. The van der Waals surface area contributed by atoms with Crippen molar-refractivity contribution in [3.63, 3.8) is 0 Å². The van der Waals surface area contributed by atoms with Crippen molar-refractivity contribution in [2.45, 2.75) is 25.3 Å². The first-order chi connectivity index (χ1) is 10.1. The lowest BCUT2D eigenvalue weighted by atomic mass is 9.93. The van der Waals surface area contributed by atoms with Crippen molar-refractivity contribution in [1.29, 1.82) is 0 Å². The average molecular weight is 351 g/mol. The van der Waals surface area contributed by atoms with Crippen molar-refractivity contribution in [2.24, 2.45) is 7.05 Å². The lowest BCUT2D eigenvalue weighted by Crippen LogP contribution is -2.18. The summed E-state index contributed by atoms with van der Waals surface area (Å²) in [6, 6.07) is 4.97. The van der Waals surface area contributed by atoms with Gasteiger partial charge in [-0.15, -0.1) is 0 Å². The second-order valence-corrected chi connectivity index (χ2v) is 6.03. The Morgan fingerprint density at radius 3 is 3.05 bits per heavy atom. The predicted octanol–water partition coefficient (Wildman–Crippen LogP) is 3.58. The molecule has 1 aliphatic carbocycles. The maximum absolute atomic E-state index is 10.8. The van der Waals surface area contributed by atoms with Crippen LogP contribution < -0.4 is 5.32 Å². The summed E-state index contributed by atoms with van der Waals surface area (Å²) in [5, 5.41) is 18.6. The van der Waals surface area contributed by atoms with E-state index in [0.717, 1.165) is 24.9 Å². The van der Waals surface area contributed by atoms with Gasteiger partial charge in [-0.1, -0.05) is 0 Å². The summed E-state index contributed by atoms with van der Waals surface area (Å²) in [4.78, 5) is 10.4. The molecule has 0 aliphatic heterocycles. The molecular formula is C14H15BrN4O2. The minimum absolute atomic E-state index is 0.0816. The second kappa shape index (κ2) is 5.48. The van der Waals surface area contributed by atoms with Crippen molar-refractivity contribution in [1.82, 2.24) is 9.78 Å². The Labute approximate surface area is 130 Å². The Kier molecular flexibility index (Phi) is 3.67. The first kappa shape index (κ1) is 14.1. The first-order valence-electron chi connectivity index (χ1n) is 6.77. The van der Waals surface area contributed by atoms with E-state index in [1.807, 2.05) is 17.9 Å². The molecule has 6 nitrogen and oxygen atoms in total. The SMILES string of the molecule is Cn1ncc2c1CCCC2Nc1ccc([N+](=O)[O-])cc1Br. The van der Waals surface area contributed by atoms with Crippen LogP contribution in [0.2, 0.25) is 0 Å². The summed E-state index contributed by atoms with van der Waals surface area (Å²) in [6.07, 6.45) is 5.09. The zero-order valence-electron chi connectivity index (χ0n) is 11.5. The molecule has 1 aromatic heterocycles. The smallest absolute Gasteiger partial charge is 0.270 e. The van der Waals surface area contributed by atoms with Crippen LogP contribution in [0.15, 0.2) is 28.9 Å². The summed E-state index contributed by atoms with van der Waals surface area (Å²) in [5.74, 6) is 0. The highest BCUT2D eigenvalue weighted by molar-refractivity contribution is 9.10. The number of aromatic nitrogens is 2. The summed E-state index contributed by atoms with van der Waals surface area (Å²) in [6.45, 7) is 0. The minimum Gasteiger partial charge on any atom is -0.377 e. The number of nitrogens with one attached hydrogen (secondary N) is 1. The molecule has 0 radical (unpaired) electrons. The molecule has 0 saturated carbocycles. The highest BCUT2D eigenvalue weighted by Gasteiger charge is 2.24. The van der Waals surface area contributed by atoms with Crippen LogP contribution in [0.1, 0.15) is 30.1 Å². The molecule has 1 aliphatic rings. The van der Waals surface area contributed by atoms with Gasteiger partial charge in [-0.25, -0.2) is 0 Å². The molecule has 7 heteroatoms. The van der Waals surface area contributed by atoms with Crippen LogP contribution in [0.3, 0.4) is 0 Å². The summed E-state index contributed by atoms with van der Waals surface area (Å²) >= 11 is 3.40. The van der Waals surface area contributed by atoms with Gasteiger partial charge in [0.2, 0.25) is 0 Å². The molecule has 0 saturated heterocycles. The predicted molar refractivity (Wildman–Crippen MR) is 83.3 cm³/mol. The standard InChI is InChI=1S/C14H15BrN4O2/c1-18-14-4-2-3-12(10(14)8-16-18)17-13-6-5-9(19(20)21)7-11(13)15/h5-8,12,17H,2-4H2,1H3. The van der Waals surface area contributed by atoms with Crippen molar-refractivity contribution < 1.29 is 4.92 Å². The van der Waals surface area contributed by atoms with Gasteiger partial charge in [0.05, 0.1) is 17.2 Å². The minimum atomic E-state index is -0.394. The molecule has 2 aromatic rings. The summed E-state index contributed by atoms with van der Waals surface area (Å²) < 4.78 is 2.63. The third-order valence-electron chi connectivity index (χ3n) is 3.87. The number of nitrogens with zero attached hydrogens (tertiary/aromatic N) is 3. The van der Waals surface area contributed by atoms with Crippen LogP contribution in [0, 0.1) is 10.1 Å². The van der Waals surface area contributed by atoms with E-state index >= 15 is 0 Å². The van der Waals surface area contributed by atoms with Crippen LogP contribution >= 0.6 is 15.9 Å². The number of hydrogen-bond acceptors (Lipinski definition) is 4. The van der Waals surface area contributed by atoms with Crippen LogP contribution in [0.25, 0.3) is 0 Å². The van der Waals surface area contributed by atoms with Gasteiger partial charge < -0.3 is 5.32 Å². The second-order valence-electron chi connectivity index (χ2n) is 5.18. The number of fused-ring (bicyclic) bond motifs is 1. The fourth-order valence-corrected chi connectivity index (χ4v) is 3.26. The quantitative estimate of drug-likeness (QED) is 0.678. The third kappa shape index (κ3) is 2.65. The highest BCUT2D eigenvalue weighted by atomic mass is 79.9. The van der Waals surface area contributed by atoms with E-state index in [4.69, 9.17) is 0 Å². The molecule has 0 bridgehead atoms. The highest BCUT2D eigenvalue weighted by Crippen LogP contribution is 2.35. The fraction of sp³-hybridized carbons (Fsp3) is 0.357. The molecule has 1 N–H and O–H groups in total. The van der Waals surface area contributed by atoms with E-state index in [-0.39, 0.29) is 11.7 Å². The van der Waals surface area contributed by atoms with Gasteiger partial charge in [0, 0.05) is 40.6 Å². The normalized spacial score (nSPS) is 17.3. The molecule has 0 fully saturated rings. The van der Waals surface area contributed by atoms with Gasteiger partial charge in [0.15, 0.2) is 0 Å². The molecular weight excluding hydrogens is 336 g/mol. The van der Waals surface area contributed by atoms with E-state index in [1.54, 1.807) is 6.07 Å². The topological polar surface area (TPSA) is 73.0 Å². The largest absolute Gasteiger partial charge is 0.377 e. The van der Waals surface area contributed by atoms with E-state index in [0.29, 0.717) is 4.47 Å². The molecule has 1 atom stereocenters. The number of halogens is 1. The Morgan fingerprint density at radius 2 is 2.33 bits per heavy atom. The number of nitro benzene ring substituents is 1. The Balaban J connectivity index is 1.86. The van der Waals surface area contributed by atoms with Gasteiger partial charge >= 0.3 is 0 Å². The molecule has 0 spiro atoms. The van der Waals surface area contributed by atoms with Crippen molar-refractivity contribution >= 4 is 27.3 Å². The summed E-state index contributed by atoms with van der Waals surface area (Å²) in [7, 11) is 1.96. The van der Waals surface area contributed by atoms with Crippen LogP contribution in [-0.2, 0) is 13.5 Å². The molecule has 1 aromatic carbocycles. The lowest BCUT2D eigenvalue weighted by molar-refractivity contribution is -0.384. The molecule has 0 amide bonds. The van der Waals surface area contributed by atoms with Crippen LogP contribution in [0.4, 0.5) is 11.4 Å². The fourth-order valence-electron chi connectivity index (χ4n) is 2.78. The third-order valence-corrected chi connectivity index (χ3v) is 4.52. The van der Waals surface area contributed by atoms with Gasteiger partial charge in [-0.2, -0.15) is 5.10 Å². The number of aryl methyl sites for hydroxylation is 1. The molecule has 110 valence electrons. The molecule has 3 rings (SSSR count). The Bertz CT molecular complexity index is 698. The van der Waals surface area contributed by atoms with Gasteiger partial charge in [0.25, 0.3) is 5.69 Å². The molecule has 21 heavy (non-hydrogen) atoms. The number of anilines is 1. The number of nitro groups is 1. The molecule has 1 unspecified atom stereocenters. The first-order valence-corrected chi connectivity index (χ1v) is 7.57. The van der Waals surface area contributed by atoms with Gasteiger partial charge in [-0.05, 0) is 41.3 Å². The summed E-state index contributed by atoms with van der Waals surface area (Å²) in [5.41, 5.74) is 3.42. The maximum Gasteiger partial charge on any atom is 0.270 e. The van der Waals surface area contributed by atoms with E-state index in [9.17, 15) is 10.1 Å². The van der Waals surface area contributed by atoms with Gasteiger partial charge in [-0.3, -0.25) is 14.8 Å². The van der Waals surface area contributed by atoms with Crippen molar-refractivity contribution in [2.75, 3.05) is 5.32 Å². The number of benzene rings is 1. The average Bonchev–Trinajstić information content (AvgIpc) is 2.84. The Hall–Kier alpha value is -1.89. The van der Waals surface area contributed by atoms with Crippen molar-refractivity contribution in [3.8, 4) is 0 Å². The van der Waals surface area contributed by atoms with Crippen molar-refractivity contribution in [3.05, 3.63) is 50.2 Å². The molecule has 1 heterocycles. The van der Waals surface area contributed by atoms with E-state index in [1.165, 1.54) is 23.4 Å². The van der Waals surface area contributed by atoms with Gasteiger partial charge in [0.1, 0.15) is 0 Å². The maximum atomic E-state index is 10.8. The zero-order valence-corrected chi connectivity index (χ0v) is 13.1. The van der Waals surface area contributed by atoms with E-state index in [2.05, 4.69) is 26.3 Å². The van der Waals surface area contributed by atoms with E-state index < -0.39 is 4.92 Å². The Morgan fingerprint density at radius 1 is 1.52 bits per heavy atom. The van der Waals surface area contributed by atoms with Crippen LogP contribution in [-0.4, -0.2) is 14.7 Å². The lowest BCUT2D eigenvalue weighted by Gasteiger charge is -2.25. The number of hydrogen-bond donors (Lipinski definition) is 1. The zero-order chi connectivity index (χ0) is 15.0. The van der Waals surface area contributed by atoms with Crippen LogP contribution in [0.5, 0.6) is 0 Å². The number of rotatable bonds is 3.